The van der Waals surface area contributed by atoms with E-state index in [-0.39, 0.29) is 16.8 Å². The first-order valence-electron chi connectivity index (χ1n) is 9.81. The van der Waals surface area contributed by atoms with E-state index in [1.54, 1.807) is 36.5 Å². The van der Waals surface area contributed by atoms with Crippen molar-refractivity contribution in [1.29, 1.82) is 0 Å². The zero-order valence-corrected chi connectivity index (χ0v) is 18.1. The van der Waals surface area contributed by atoms with Crippen molar-refractivity contribution in [3.05, 3.63) is 49.3 Å². The van der Waals surface area contributed by atoms with Crippen LogP contribution < -0.4 is 5.32 Å². The standard InChI is InChI=1S/C22H27N5OS/c1-21(2)10-16(11-22(3,4)26-21)29-20-13-24-18(12-25-20)17-6-5-15(9-19(17)28)27-8-7-23-14-27/h5-9,12-14,16,26,28H,10-11H2,1-4H3. The van der Waals surface area contributed by atoms with Gasteiger partial charge in [0.15, 0.2) is 0 Å². The second-order valence-electron chi connectivity index (χ2n) is 8.95. The van der Waals surface area contributed by atoms with Crippen molar-refractivity contribution in [3.8, 4) is 22.7 Å². The predicted molar refractivity (Wildman–Crippen MR) is 116 cm³/mol. The lowest BCUT2D eigenvalue weighted by molar-refractivity contribution is 0.188. The highest BCUT2D eigenvalue weighted by Crippen LogP contribution is 2.38. The molecule has 0 unspecified atom stereocenters. The monoisotopic (exact) mass is 409 g/mol. The molecule has 3 aromatic rings. The second kappa shape index (κ2) is 7.46. The van der Waals surface area contributed by atoms with Gasteiger partial charge in [-0.25, -0.2) is 9.97 Å². The lowest BCUT2D eigenvalue weighted by Crippen LogP contribution is -2.58. The highest BCUT2D eigenvalue weighted by Gasteiger charge is 2.38. The molecule has 4 rings (SSSR count). The van der Waals surface area contributed by atoms with Crippen LogP contribution in [0.3, 0.4) is 0 Å². The highest BCUT2D eigenvalue weighted by molar-refractivity contribution is 7.99. The number of imidazole rings is 1. The summed E-state index contributed by atoms with van der Waals surface area (Å²) in [6.07, 6.45) is 11.0. The van der Waals surface area contributed by atoms with Crippen molar-refractivity contribution in [1.82, 2.24) is 24.8 Å². The molecule has 1 aliphatic rings. The maximum Gasteiger partial charge on any atom is 0.127 e. The quantitative estimate of drug-likeness (QED) is 0.664. The van der Waals surface area contributed by atoms with Crippen molar-refractivity contribution in [3.63, 3.8) is 0 Å². The molecule has 29 heavy (non-hydrogen) atoms. The molecule has 6 nitrogen and oxygen atoms in total. The maximum atomic E-state index is 10.5. The van der Waals surface area contributed by atoms with Gasteiger partial charge in [0.05, 0.1) is 30.1 Å². The van der Waals surface area contributed by atoms with E-state index in [2.05, 4.69) is 48.0 Å². The highest BCUT2D eigenvalue weighted by atomic mass is 32.2. The summed E-state index contributed by atoms with van der Waals surface area (Å²) in [5.74, 6) is 0.174. The molecule has 1 aromatic carbocycles. The number of piperidine rings is 1. The molecule has 1 fully saturated rings. The number of hydrogen-bond acceptors (Lipinski definition) is 6. The molecule has 2 aromatic heterocycles. The number of aromatic nitrogens is 4. The average molecular weight is 410 g/mol. The zero-order chi connectivity index (χ0) is 20.6. The smallest absolute Gasteiger partial charge is 0.127 e. The van der Waals surface area contributed by atoms with Gasteiger partial charge >= 0.3 is 0 Å². The van der Waals surface area contributed by atoms with Crippen molar-refractivity contribution in [2.45, 2.75) is 61.9 Å². The molecule has 3 heterocycles. The Morgan fingerprint density at radius 3 is 2.45 bits per heavy atom. The third-order valence-corrected chi connectivity index (χ3v) is 6.25. The average Bonchev–Trinajstić information content (AvgIpc) is 3.14. The van der Waals surface area contributed by atoms with E-state index in [0.717, 1.165) is 23.6 Å². The Kier molecular flexibility index (Phi) is 5.12. The maximum absolute atomic E-state index is 10.5. The third kappa shape index (κ3) is 4.62. The number of phenolic OH excluding ortho intramolecular Hbond substituents is 1. The molecule has 0 spiro atoms. The summed E-state index contributed by atoms with van der Waals surface area (Å²) >= 11 is 1.79. The van der Waals surface area contributed by atoms with E-state index in [1.807, 2.05) is 29.1 Å². The largest absolute Gasteiger partial charge is 0.507 e. The van der Waals surface area contributed by atoms with Crippen LogP contribution in [-0.2, 0) is 0 Å². The molecule has 1 saturated heterocycles. The summed E-state index contributed by atoms with van der Waals surface area (Å²) in [6, 6.07) is 5.50. The van der Waals surface area contributed by atoms with Gasteiger partial charge in [0.2, 0.25) is 0 Å². The van der Waals surface area contributed by atoms with Gasteiger partial charge in [-0.05, 0) is 52.7 Å². The Labute approximate surface area is 175 Å². The van der Waals surface area contributed by atoms with E-state index in [9.17, 15) is 5.11 Å². The Balaban J connectivity index is 1.50. The molecule has 1 aliphatic heterocycles. The number of thioether (sulfide) groups is 1. The molecule has 152 valence electrons. The molecule has 0 bridgehead atoms. The first-order valence-corrected chi connectivity index (χ1v) is 10.7. The first kappa shape index (κ1) is 19.9. The minimum Gasteiger partial charge on any atom is -0.507 e. The van der Waals surface area contributed by atoms with Gasteiger partial charge in [0.25, 0.3) is 0 Å². The van der Waals surface area contributed by atoms with Crippen molar-refractivity contribution in [2.75, 3.05) is 0 Å². The molecule has 0 aliphatic carbocycles. The molecule has 0 atom stereocenters. The van der Waals surface area contributed by atoms with Crippen molar-refractivity contribution in [2.24, 2.45) is 0 Å². The molecular formula is C22H27N5OS. The Morgan fingerprint density at radius 1 is 1.10 bits per heavy atom. The van der Waals surface area contributed by atoms with Crippen LogP contribution in [0.15, 0.2) is 54.3 Å². The topological polar surface area (TPSA) is 75.9 Å². The third-order valence-electron chi connectivity index (χ3n) is 5.13. The lowest BCUT2D eigenvalue weighted by Gasteiger charge is -2.46. The Hall–Kier alpha value is -2.38. The normalized spacial score (nSPS) is 18.6. The van der Waals surface area contributed by atoms with Gasteiger partial charge in [-0.2, -0.15) is 0 Å². The summed E-state index contributed by atoms with van der Waals surface area (Å²) in [4.78, 5) is 13.2. The van der Waals surface area contributed by atoms with E-state index in [0.29, 0.717) is 16.5 Å². The molecule has 0 saturated carbocycles. The predicted octanol–water partition coefficient (Wildman–Crippen LogP) is 4.44. The number of nitrogens with one attached hydrogen (secondary N) is 1. The van der Waals surface area contributed by atoms with Crippen LogP contribution in [0.25, 0.3) is 16.9 Å². The number of nitrogens with zero attached hydrogens (tertiary/aromatic N) is 4. The summed E-state index contributed by atoms with van der Waals surface area (Å²) in [5.41, 5.74) is 2.39. The van der Waals surface area contributed by atoms with Gasteiger partial charge in [-0.1, -0.05) is 0 Å². The number of hydrogen-bond donors (Lipinski definition) is 2. The van der Waals surface area contributed by atoms with Crippen molar-refractivity contribution >= 4 is 11.8 Å². The Morgan fingerprint density at radius 2 is 1.86 bits per heavy atom. The van der Waals surface area contributed by atoms with Gasteiger partial charge < -0.3 is 15.0 Å². The van der Waals surface area contributed by atoms with Crippen LogP contribution in [0.2, 0.25) is 0 Å². The van der Waals surface area contributed by atoms with E-state index < -0.39 is 0 Å². The fourth-order valence-electron chi connectivity index (χ4n) is 4.31. The summed E-state index contributed by atoms with van der Waals surface area (Å²) < 4.78 is 1.84. The number of aromatic hydroxyl groups is 1. The van der Waals surface area contributed by atoms with Crippen LogP contribution >= 0.6 is 11.8 Å². The van der Waals surface area contributed by atoms with Crippen LogP contribution in [0.4, 0.5) is 0 Å². The van der Waals surface area contributed by atoms with Gasteiger partial charge in [-0.3, -0.25) is 4.98 Å². The number of rotatable bonds is 4. The van der Waals surface area contributed by atoms with Crippen molar-refractivity contribution < 1.29 is 5.11 Å². The lowest BCUT2D eigenvalue weighted by atomic mass is 9.82. The molecule has 7 heteroatoms. The van der Waals surface area contributed by atoms with E-state index in [1.165, 1.54) is 0 Å². The van der Waals surface area contributed by atoms with Crippen LogP contribution in [0.1, 0.15) is 40.5 Å². The molecular weight excluding hydrogens is 382 g/mol. The fraction of sp³-hybridized carbons (Fsp3) is 0.409. The summed E-state index contributed by atoms with van der Waals surface area (Å²) in [5, 5.41) is 15.6. The number of phenols is 1. The van der Waals surface area contributed by atoms with Gasteiger partial charge in [-0.15, -0.1) is 11.8 Å². The van der Waals surface area contributed by atoms with E-state index in [4.69, 9.17) is 0 Å². The second-order valence-corrected chi connectivity index (χ2v) is 10.3. The first-order chi connectivity index (χ1) is 13.7. The number of benzene rings is 1. The van der Waals surface area contributed by atoms with Gasteiger partial charge in [0, 0.05) is 40.4 Å². The SMILES string of the molecule is CC1(C)CC(Sc2cnc(-c3ccc(-n4ccnc4)cc3O)cn2)CC(C)(C)N1. The fourth-order valence-corrected chi connectivity index (χ4v) is 5.88. The minimum absolute atomic E-state index is 0.107. The molecule has 2 N–H and O–H groups in total. The Bertz CT molecular complexity index is 967. The summed E-state index contributed by atoms with van der Waals surface area (Å²) in [7, 11) is 0. The molecule has 0 amide bonds. The molecule has 0 radical (unpaired) electrons. The van der Waals surface area contributed by atoms with E-state index >= 15 is 0 Å². The minimum atomic E-state index is 0.107. The van der Waals surface area contributed by atoms with Crippen LogP contribution in [-0.4, -0.2) is 41.0 Å². The van der Waals surface area contributed by atoms with Crippen LogP contribution in [0, 0.1) is 0 Å². The zero-order valence-electron chi connectivity index (χ0n) is 17.3. The van der Waals surface area contributed by atoms with Gasteiger partial charge in [0.1, 0.15) is 10.8 Å². The summed E-state index contributed by atoms with van der Waals surface area (Å²) in [6.45, 7) is 9.03. The van der Waals surface area contributed by atoms with Crippen LogP contribution in [0.5, 0.6) is 5.75 Å².